The molecule has 1 aromatic carbocycles. The summed E-state index contributed by atoms with van der Waals surface area (Å²) in [5.41, 5.74) is 3.00. The molecule has 0 aliphatic rings. The number of benzene rings is 1. The van der Waals surface area contributed by atoms with E-state index in [0.717, 1.165) is 23.4 Å². The number of rotatable bonds is 5. The SMILES string of the molecule is Cc1cc(C)nc(NCCc2ccc([N+](=O)[O-])cc2)n1. The van der Waals surface area contributed by atoms with E-state index in [1.165, 1.54) is 12.1 Å². The molecule has 0 amide bonds. The van der Waals surface area contributed by atoms with Crippen molar-refractivity contribution >= 4 is 11.6 Å². The molecule has 0 saturated carbocycles. The fourth-order valence-electron chi connectivity index (χ4n) is 1.91. The first-order chi connectivity index (χ1) is 9.54. The van der Waals surface area contributed by atoms with E-state index < -0.39 is 4.92 Å². The van der Waals surface area contributed by atoms with Crippen molar-refractivity contribution in [3.8, 4) is 0 Å². The van der Waals surface area contributed by atoms with Crippen molar-refractivity contribution in [3.63, 3.8) is 0 Å². The highest BCUT2D eigenvalue weighted by Crippen LogP contribution is 2.12. The Morgan fingerprint density at radius 2 is 1.75 bits per heavy atom. The molecule has 0 radical (unpaired) electrons. The van der Waals surface area contributed by atoms with Gasteiger partial charge in [-0.05, 0) is 31.9 Å². The van der Waals surface area contributed by atoms with Crippen LogP contribution in [0.2, 0.25) is 0 Å². The van der Waals surface area contributed by atoms with Crippen molar-refractivity contribution < 1.29 is 4.92 Å². The van der Waals surface area contributed by atoms with Crippen LogP contribution in [-0.2, 0) is 6.42 Å². The fourth-order valence-corrected chi connectivity index (χ4v) is 1.91. The Bertz CT molecular complexity index is 591. The lowest BCUT2D eigenvalue weighted by Gasteiger charge is -2.06. The highest BCUT2D eigenvalue weighted by molar-refractivity contribution is 5.34. The van der Waals surface area contributed by atoms with Crippen LogP contribution in [0.3, 0.4) is 0 Å². The summed E-state index contributed by atoms with van der Waals surface area (Å²) in [5, 5.41) is 13.7. The first-order valence-electron chi connectivity index (χ1n) is 6.34. The summed E-state index contributed by atoms with van der Waals surface area (Å²) in [6, 6.07) is 8.48. The van der Waals surface area contributed by atoms with Crippen LogP contribution in [0, 0.1) is 24.0 Å². The minimum atomic E-state index is -0.397. The molecule has 0 aliphatic carbocycles. The van der Waals surface area contributed by atoms with Gasteiger partial charge >= 0.3 is 0 Å². The lowest BCUT2D eigenvalue weighted by Crippen LogP contribution is -2.09. The third-order valence-corrected chi connectivity index (χ3v) is 2.83. The molecule has 6 heteroatoms. The van der Waals surface area contributed by atoms with Crippen LogP contribution in [0.4, 0.5) is 11.6 Å². The van der Waals surface area contributed by atoms with Crippen molar-refractivity contribution in [3.05, 3.63) is 57.4 Å². The van der Waals surface area contributed by atoms with Crippen LogP contribution in [0.25, 0.3) is 0 Å². The van der Waals surface area contributed by atoms with Gasteiger partial charge in [0.1, 0.15) is 0 Å². The monoisotopic (exact) mass is 272 g/mol. The van der Waals surface area contributed by atoms with Gasteiger partial charge in [0.25, 0.3) is 5.69 Å². The average Bonchev–Trinajstić information content (AvgIpc) is 2.38. The Kier molecular flexibility index (Phi) is 4.24. The van der Waals surface area contributed by atoms with Crippen molar-refractivity contribution in [2.75, 3.05) is 11.9 Å². The van der Waals surface area contributed by atoms with Crippen LogP contribution in [-0.4, -0.2) is 21.4 Å². The summed E-state index contributed by atoms with van der Waals surface area (Å²) in [6.07, 6.45) is 0.758. The van der Waals surface area contributed by atoms with E-state index in [1.54, 1.807) is 12.1 Å². The minimum absolute atomic E-state index is 0.111. The Labute approximate surface area is 117 Å². The van der Waals surface area contributed by atoms with Gasteiger partial charge in [0.05, 0.1) is 4.92 Å². The third kappa shape index (κ3) is 3.74. The predicted octanol–water partition coefficient (Wildman–Crippen LogP) is 2.66. The molecule has 0 spiro atoms. The number of nitro groups is 1. The summed E-state index contributed by atoms with van der Waals surface area (Å²) in [6.45, 7) is 4.53. The van der Waals surface area contributed by atoms with E-state index in [0.29, 0.717) is 12.5 Å². The van der Waals surface area contributed by atoms with E-state index in [1.807, 2.05) is 19.9 Å². The van der Waals surface area contributed by atoms with Crippen LogP contribution in [0.15, 0.2) is 30.3 Å². The number of nitro benzene ring substituents is 1. The Hall–Kier alpha value is -2.50. The maximum atomic E-state index is 10.6. The molecular formula is C14H16N4O2. The van der Waals surface area contributed by atoms with Gasteiger partial charge in [0.2, 0.25) is 5.95 Å². The molecule has 0 saturated heterocycles. The molecule has 2 aromatic rings. The molecule has 6 nitrogen and oxygen atoms in total. The van der Waals surface area contributed by atoms with Crippen LogP contribution >= 0.6 is 0 Å². The number of nitrogens with zero attached hydrogens (tertiary/aromatic N) is 3. The van der Waals surface area contributed by atoms with E-state index in [2.05, 4.69) is 15.3 Å². The van der Waals surface area contributed by atoms with E-state index >= 15 is 0 Å². The zero-order valence-corrected chi connectivity index (χ0v) is 11.5. The highest BCUT2D eigenvalue weighted by Gasteiger charge is 2.04. The average molecular weight is 272 g/mol. The topological polar surface area (TPSA) is 81.0 Å². The quantitative estimate of drug-likeness (QED) is 0.668. The molecular weight excluding hydrogens is 256 g/mol. The number of anilines is 1. The number of hydrogen-bond donors (Lipinski definition) is 1. The molecule has 20 heavy (non-hydrogen) atoms. The van der Waals surface area contributed by atoms with E-state index in [4.69, 9.17) is 0 Å². The van der Waals surface area contributed by atoms with Crippen molar-refractivity contribution in [1.29, 1.82) is 0 Å². The molecule has 0 aliphatic heterocycles. The summed E-state index contributed by atoms with van der Waals surface area (Å²) < 4.78 is 0. The first-order valence-corrected chi connectivity index (χ1v) is 6.34. The molecule has 1 aromatic heterocycles. The predicted molar refractivity (Wildman–Crippen MR) is 76.8 cm³/mol. The van der Waals surface area contributed by atoms with Gasteiger partial charge in [-0.15, -0.1) is 0 Å². The van der Waals surface area contributed by atoms with Crippen LogP contribution in [0.1, 0.15) is 17.0 Å². The summed E-state index contributed by atoms with van der Waals surface area (Å²) in [4.78, 5) is 18.7. The molecule has 0 unspecified atom stereocenters. The number of aryl methyl sites for hydroxylation is 2. The zero-order valence-electron chi connectivity index (χ0n) is 11.5. The van der Waals surface area contributed by atoms with Crippen LogP contribution < -0.4 is 5.32 Å². The lowest BCUT2D eigenvalue weighted by molar-refractivity contribution is -0.384. The summed E-state index contributed by atoms with van der Waals surface area (Å²) in [7, 11) is 0. The van der Waals surface area contributed by atoms with Gasteiger partial charge < -0.3 is 5.32 Å². The number of nitrogens with one attached hydrogen (secondary N) is 1. The van der Waals surface area contributed by atoms with E-state index in [-0.39, 0.29) is 5.69 Å². The lowest BCUT2D eigenvalue weighted by atomic mass is 10.1. The van der Waals surface area contributed by atoms with Gasteiger partial charge in [-0.2, -0.15) is 0 Å². The molecule has 0 bridgehead atoms. The largest absolute Gasteiger partial charge is 0.354 e. The molecule has 2 rings (SSSR count). The van der Waals surface area contributed by atoms with Crippen molar-refractivity contribution in [2.24, 2.45) is 0 Å². The zero-order chi connectivity index (χ0) is 14.5. The van der Waals surface area contributed by atoms with Gasteiger partial charge in [-0.1, -0.05) is 12.1 Å². The third-order valence-electron chi connectivity index (χ3n) is 2.83. The smallest absolute Gasteiger partial charge is 0.269 e. The van der Waals surface area contributed by atoms with Gasteiger partial charge in [0.15, 0.2) is 0 Å². The van der Waals surface area contributed by atoms with Gasteiger partial charge in [-0.25, -0.2) is 9.97 Å². The molecule has 1 heterocycles. The maximum absolute atomic E-state index is 10.6. The first kappa shape index (κ1) is 13.9. The molecule has 1 N–H and O–H groups in total. The van der Waals surface area contributed by atoms with Gasteiger partial charge in [0, 0.05) is 30.1 Å². The Balaban J connectivity index is 1.90. The van der Waals surface area contributed by atoms with Crippen molar-refractivity contribution in [2.45, 2.75) is 20.3 Å². The van der Waals surface area contributed by atoms with E-state index in [9.17, 15) is 10.1 Å². The second-order valence-electron chi connectivity index (χ2n) is 4.57. The molecule has 0 atom stereocenters. The second-order valence-corrected chi connectivity index (χ2v) is 4.57. The standard InChI is InChI=1S/C14H16N4O2/c1-10-9-11(2)17-14(16-10)15-8-7-12-3-5-13(6-4-12)18(19)20/h3-6,9H,7-8H2,1-2H3,(H,15,16,17). The number of hydrogen-bond acceptors (Lipinski definition) is 5. The Morgan fingerprint density at radius 1 is 1.15 bits per heavy atom. The molecule has 0 fully saturated rings. The van der Waals surface area contributed by atoms with Crippen molar-refractivity contribution in [1.82, 2.24) is 9.97 Å². The summed E-state index contributed by atoms with van der Waals surface area (Å²) >= 11 is 0. The second kappa shape index (κ2) is 6.10. The van der Waals surface area contributed by atoms with Gasteiger partial charge in [-0.3, -0.25) is 10.1 Å². The molecule has 104 valence electrons. The number of aromatic nitrogens is 2. The van der Waals surface area contributed by atoms with Crippen LogP contribution in [0.5, 0.6) is 0 Å². The normalized spacial score (nSPS) is 10.3. The highest BCUT2D eigenvalue weighted by atomic mass is 16.6. The Morgan fingerprint density at radius 3 is 2.30 bits per heavy atom. The fraction of sp³-hybridized carbons (Fsp3) is 0.286. The number of non-ortho nitro benzene ring substituents is 1. The maximum Gasteiger partial charge on any atom is 0.269 e. The minimum Gasteiger partial charge on any atom is -0.354 e. The summed E-state index contributed by atoms with van der Waals surface area (Å²) in [5.74, 6) is 0.615.